The number of halogens is 3. The standard InChI is InChI=1S/C12H16F3NO2/c13-12(14,15)11(5-7-16)18-10-3-1-9(2-4-10)6-8-17/h1-4,11,17H,5-8,16H2. The van der Waals surface area contributed by atoms with Crippen LogP contribution < -0.4 is 10.5 Å². The van der Waals surface area contributed by atoms with Crippen molar-refractivity contribution in [1.82, 2.24) is 0 Å². The Kier molecular flexibility index (Phi) is 5.43. The third kappa shape index (κ3) is 4.54. The Morgan fingerprint density at radius 2 is 1.83 bits per heavy atom. The second kappa shape index (κ2) is 6.61. The molecule has 0 fully saturated rings. The number of aliphatic hydroxyl groups excluding tert-OH is 1. The Hall–Kier alpha value is -1.27. The van der Waals surface area contributed by atoms with Crippen LogP contribution in [-0.4, -0.2) is 30.5 Å². The van der Waals surface area contributed by atoms with Crippen LogP contribution >= 0.6 is 0 Å². The van der Waals surface area contributed by atoms with E-state index < -0.39 is 12.3 Å². The molecule has 3 N–H and O–H groups in total. The highest BCUT2D eigenvalue weighted by molar-refractivity contribution is 5.27. The van der Waals surface area contributed by atoms with Crippen LogP contribution in [0.4, 0.5) is 13.2 Å². The van der Waals surface area contributed by atoms with Crippen LogP contribution in [0.3, 0.4) is 0 Å². The van der Waals surface area contributed by atoms with Crippen molar-refractivity contribution >= 4 is 0 Å². The number of hydrogen-bond acceptors (Lipinski definition) is 3. The molecule has 102 valence electrons. The Bertz CT molecular complexity index is 351. The van der Waals surface area contributed by atoms with Crippen LogP contribution in [0.1, 0.15) is 12.0 Å². The summed E-state index contributed by atoms with van der Waals surface area (Å²) in [5.41, 5.74) is 5.98. The topological polar surface area (TPSA) is 55.5 Å². The molecule has 1 aromatic carbocycles. The first-order chi connectivity index (χ1) is 8.47. The van der Waals surface area contributed by atoms with Gasteiger partial charge in [0.2, 0.25) is 0 Å². The molecule has 0 saturated carbocycles. The number of benzene rings is 1. The lowest BCUT2D eigenvalue weighted by Crippen LogP contribution is -2.36. The predicted octanol–water partition coefficient (Wildman–Crippen LogP) is 1.88. The normalized spacial score (nSPS) is 13.4. The quantitative estimate of drug-likeness (QED) is 0.824. The van der Waals surface area contributed by atoms with E-state index in [-0.39, 0.29) is 25.3 Å². The Balaban J connectivity index is 2.69. The van der Waals surface area contributed by atoms with Crippen LogP contribution in [0, 0.1) is 0 Å². The van der Waals surface area contributed by atoms with Gasteiger partial charge in [-0.3, -0.25) is 0 Å². The van der Waals surface area contributed by atoms with E-state index in [2.05, 4.69) is 0 Å². The molecule has 0 heterocycles. The monoisotopic (exact) mass is 263 g/mol. The summed E-state index contributed by atoms with van der Waals surface area (Å²) >= 11 is 0. The summed E-state index contributed by atoms with van der Waals surface area (Å²) in [6.45, 7) is -0.0919. The van der Waals surface area contributed by atoms with Crippen LogP contribution in [0.25, 0.3) is 0 Å². The molecule has 0 aliphatic carbocycles. The van der Waals surface area contributed by atoms with Gasteiger partial charge in [0, 0.05) is 13.0 Å². The number of alkyl halides is 3. The molecule has 6 heteroatoms. The summed E-state index contributed by atoms with van der Waals surface area (Å²) in [4.78, 5) is 0. The van der Waals surface area contributed by atoms with Crippen molar-refractivity contribution in [2.45, 2.75) is 25.1 Å². The first kappa shape index (κ1) is 14.8. The molecule has 18 heavy (non-hydrogen) atoms. The van der Waals surface area contributed by atoms with Gasteiger partial charge in [0.25, 0.3) is 0 Å². The van der Waals surface area contributed by atoms with Gasteiger partial charge < -0.3 is 15.6 Å². The van der Waals surface area contributed by atoms with E-state index in [4.69, 9.17) is 15.6 Å². The molecule has 0 amide bonds. The highest BCUT2D eigenvalue weighted by atomic mass is 19.4. The van der Waals surface area contributed by atoms with E-state index in [1.807, 2.05) is 0 Å². The molecule has 0 bridgehead atoms. The molecule has 1 atom stereocenters. The van der Waals surface area contributed by atoms with Crippen molar-refractivity contribution < 1.29 is 23.0 Å². The van der Waals surface area contributed by atoms with Gasteiger partial charge in [-0.05, 0) is 30.7 Å². The van der Waals surface area contributed by atoms with E-state index in [9.17, 15) is 13.2 Å². The molecule has 1 unspecified atom stereocenters. The van der Waals surface area contributed by atoms with Gasteiger partial charge in [-0.15, -0.1) is 0 Å². The lowest BCUT2D eigenvalue weighted by atomic mass is 10.1. The molecular formula is C12H16F3NO2. The summed E-state index contributed by atoms with van der Waals surface area (Å²) in [7, 11) is 0. The van der Waals surface area contributed by atoms with Crippen molar-refractivity contribution in [2.75, 3.05) is 13.2 Å². The second-order valence-electron chi connectivity index (χ2n) is 3.84. The molecule has 0 spiro atoms. The molecule has 3 nitrogen and oxygen atoms in total. The lowest BCUT2D eigenvalue weighted by Gasteiger charge is -2.21. The third-order valence-electron chi connectivity index (χ3n) is 2.40. The van der Waals surface area contributed by atoms with E-state index in [0.29, 0.717) is 6.42 Å². The van der Waals surface area contributed by atoms with Gasteiger partial charge in [0.05, 0.1) is 0 Å². The molecule has 1 aromatic rings. The largest absolute Gasteiger partial charge is 0.481 e. The zero-order valence-corrected chi connectivity index (χ0v) is 9.78. The van der Waals surface area contributed by atoms with Gasteiger partial charge in [-0.1, -0.05) is 12.1 Å². The Morgan fingerprint density at radius 1 is 1.22 bits per heavy atom. The predicted molar refractivity (Wildman–Crippen MR) is 61.4 cm³/mol. The first-order valence-electron chi connectivity index (χ1n) is 5.60. The van der Waals surface area contributed by atoms with Gasteiger partial charge in [-0.2, -0.15) is 13.2 Å². The molecule has 1 rings (SSSR count). The Labute approximate surface area is 103 Å². The maximum Gasteiger partial charge on any atom is 0.425 e. The van der Waals surface area contributed by atoms with Gasteiger partial charge in [0.1, 0.15) is 5.75 Å². The third-order valence-corrected chi connectivity index (χ3v) is 2.40. The summed E-state index contributed by atoms with van der Waals surface area (Å²) in [5.74, 6) is 0.146. The number of aliphatic hydroxyl groups is 1. The number of ether oxygens (including phenoxy) is 1. The molecule has 0 aromatic heterocycles. The summed E-state index contributed by atoms with van der Waals surface area (Å²) in [6, 6.07) is 6.17. The average Bonchev–Trinajstić information content (AvgIpc) is 2.30. The first-order valence-corrected chi connectivity index (χ1v) is 5.60. The SMILES string of the molecule is NCCC(Oc1ccc(CCO)cc1)C(F)(F)F. The van der Waals surface area contributed by atoms with Gasteiger partial charge in [-0.25, -0.2) is 0 Å². The molecule has 0 saturated heterocycles. The van der Waals surface area contributed by atoms with Crippen LogP contribution in [-0.2, 0) is 6.42 Å². The van der Waals surface area contributed by atoms with Gasteiger partial charge in [0.15, 0.2) is 6.10 Å². The second-order valence-corrected chi connectivity index (χ2v) is 3.84. The van der Waals surface area contributed by atoms with Crippen molar-refractivity contribution in [3.05, 3.63) is 29.8 Å². The summed E-state index contributed by atoms with van der Waals surface area (Å²) < 4.78 is 42.6. The molecule has 0 aliphatic heterocycles. The zero-order chi connectivity index (χ0) is 13.6. The van der Waals surface area contributed by atoms with E-state index in [1.54, 1.807) is 12.1 Å². The van der Waals surface area contributed by atoms with Crippen LogP contribution in [0.15, 0.2) is 24.3 Å². The smallest absolute Gasteiger partial charge is 0.425 e. The van der Waals surface area contributed by atoms with Gasteiger partial charge >= 0.3 is 6.18 Å². The summed E-state index contributed by atoms with van der Waals surface area (Å²) in [6.07, 6.45) is -6.12. The molecule has 0 aliphatic rings. The van der Waals surface area contributed by atoms with Crippen molar-refractivity contribution in [1.29, 1.82) is 0 Å². The average molecular weight is 263 g/mol. The van der Waals surface area contributed by atoms with Crippen LogP contribution in [0.5, 0.6) is 5.75 Å². The van der Waals surface area contributed by atoms with Crippen molar-refractivity contribution in [2.24, 2.45) is 5.73 Å². The highest BCUT2D eigenvalue weighted by Crippen LogP contribution is 2.27. The number of hydrogen-bond donors (Lipinski definition) is 2. The van der Waals surface area contributed by atoms with Crippen LogP contribution in [0.2, 0.25) is 0 Å². The number of rotatable bonds is 6. The maximum atomic E-state index is 12.6. The molecule has 0 radical (unpaired) electrons. The van der Waals surface area contributed by atoms with Crippen molar-refractivity contribution in [3.63, 3.8) is 0 Å². The number of nitrogens with two attached hydrogens (primary N) is 1. The van der Waals surface area contributed by atoms with E-state index in [0.717, 1.165) is 5.56 Å². The fourth-order valence-corrected chi connectivity index (χ4v) is 1.47. The van der Waals surface area contributed by atoms with E-state index >= 15 is 0 Å². The molecular weight excluding hydrogens is 247 g/mol. The fourth-order valence-electron chi connectivity index (χ4n) is 1.47. The highest BCUT2D eigenvalue weighted by Gasteiger charge is 2.41. The zero-order valence-electron chi connectivity index (χ0n) is 9.78. The lowest BCUT2D eigenvalue weighted by molar-refractivity contribution is -0.196. The minimum absolute atomic E-state index is 0.00144. The van der Waals surface area contributed by atoms with E-state index in [1.165, 1.54) is 12.1 Å². The summed E-state index contributed by atoms with van der Waals surface area (Å²) in [5, 5.41) is 8.72. The fraction of sp³-hybridized carbons (Fsp3) is 0.500. The maximum absolute atomic E-state index is 12.6. The Morgan fingerprint density at radius 3 is 2.28 bits per heavy atom. The minimum Gasteiger partial charge on any atom is -0.481 e. The minimum atomic E-state index is -4.43. The van der Waals surface area contributed by atoms with Crippen molar-refractivity contribution in [3.8, 4) is 5.75 Å².